The average Bonchev–Trinajstić information content (AvgIpc) is 2.86. The van der Waals surface area contributed by atoms with Crippen LogP contribution in [0.1, 0.15) is 23.9 Å². The van der Waals surface area contributed by atoms with Crippen LogP contribution in [0.3, 0.4) is 0 Å². The van der Waals surface area contributed by atoms with Gasteiger partial charge in [-0.25, -0.2) is 4.98 Å². The Morgan fingerprint density at radius 3 is 2.53 bits per heavy atom. The van der Waals surface area contributed by atoms with Crippen molar-refractivity contribution in [1.82, 2.24) is 10.3 Å². The molecule has 0 unspecified atom stereocenters. The molecule has 4 heteroatoms. The summed E-state index contributed by atoms with van der Waals surface area (Å²) in [5.41, 5.74) is 3.74. The molecule has 0 aliphatic rings. The molecule has 1 heterocycles. The summed E-state index contributed by atoms with van der Waals surface area (Å²) >= 11 is 1.75. The van der Waals surface area contributed by atoms with E-state index < -0.39 is 0 Å². The number of nitrogens with zero attached hydrogens (tertiary/aromatic N) is 1. The number of nitrogens with one attached hydrogen (secondary N) is 1. The summed E-state index contributed by atoms with van der Waals surface area (Å²) in [5, 5.41) is 6.51. The maximum atomic E-state index is 4.67. The van der Waals surface area contributed by atoms with Gasteiger partial charge in [-0.05, 0) is 19.0 Å². The van der Waals surface area contributed by atoms with E-state index in [2.05, 4.69) is 46.9 Å². The smallest absolute Gasteiger partial charge is 0.0945 e. The lowest BCUT2D eigenvalue weighted by atomic mass is 10.1. The quantitative estimate of drug-likeness (QED) is 0.873. The maximum absolute atomic E-state index is 4.67. The Balaban J connectivity index is 0.00000180. The first-order valence-corrected chi connectivity index (χ1v) is 7.39. The Labute approximate surface area is 125 Å². The highest BCUT2D eigenvalue weighted by Gasteiger charge is 2.04. The van der Waals surface area contributed by atoms with Crippen molar-refractivity contribution < 1.29 is 0 Å². The molecule has 2 rings (SSSR count). The highest BCUT2D eigenvalue weighted by atomic mass is 35.5. The van der Waals surface area contributed by atoms with E-state index in [1.807, 2.05) is 7.05 Å². The zero-order chi connectivity index (χ0) is 12.8. The molecule has 0 saturated heterocycles. The van der Waals surface area contributed by atoms with Crippen molar-refractivity contribution >= 4 is 23.7 Å². The summed E-state index contributed by atoms with van der Waals surface area (Å²) in [6.45, 7) is 3.20. The molecule has 1 N–H and O–H groups in total. The molecule has 2 nitrogen and oxygen atoms in total. The van der Waals surface area contributed by atoms with E-state index in [1.165, 1.54) is 22.6 Å². The van der Waals surface area contributed by atoms with Crippen LogP contribution in [0.25, 0.3) is 11.3 Å². The second kappa shape index (κ2) is 8.31. The number of likely N-dealkylation sites (N-methyl/N-ethyl adjacent to an activating group) is 1. The van der Waals surface area contributed by atoms with E-state index in [4.69, 9.17) is 0 Å². The Morgan fingerprint density at radius 1 is 1.16 bits per heavy atom. The SMILES string of the molecule is CCCc1ccc(-c2csc(CCNC)n2)cc1.Cl. The third-order valence-electron chi connectivity index (χ3n) is 2.93. The van der Waals surface area contributed by atoms with Crippen LogP contribution in [0.15, 0.2) is 29.6 Å². The maximum Gasteiger partial charge on any atom is 0.0945 e. The fourth-order valence-electron chi connectivity index (χ4n) is 1.92. The molecule has 104 valence electrons. The largest absolute Gasteiger partial charge is 0.319 e. The van der Waals surface area contributed by atoms with Gasteiger partial charge in [0.15, 0.2) is 0 Å². The topological polar surface area (TPSA) is 24.9 Å². The summed E-state index contributed by atoms with van der Waals surface area (Å²) in [4.78, 5) is 4.67. The lowest BCUT2D eigenvalue weighted by Gasteiger charge is -2.00. The molecule has 0 amide bonds. The van der Waals surface area contributed by atoms with Crippen molar-refractivity contribution in [1.29, 1.82) is 0 Å². The zero-order valence-electron chi connectivity index (χ0n) is 11.5. The third-order valence-corrected chi connectivity index (χ3v) is 3.84. The van der Waals surface area contributed by atoms with Gasteiger partial charge in [-0.1, -0.05) is 37.6 Å². The number of aryl methyl sites for hydroxylation is 1. The number of hydrogen-bond donors (Lipinski definition) is 1. The first kappa shape index (κ1) is 16.2. The summed E-state index contributed by atoms with van der Waals surface area (Å²) in [6.07, 6.45) is 3.37. The van der Waals surface area contributed by atoms with Gasteiger partial charge < -0.3 is 5.32 Å². The predicted molar refractivity (Wildman–Crippen MR) is 86.4 cm³/mol. The van der Waals surface area contributed by atoms with Crippen LogP contribution in [-0.2, 0) is 12.8 Å². The molecule has 1 aromatic carbocycles. The number of aromatic nitrogens is 1. The molecule has 0 fully saturated rings. The average molecular weight is 297 g/mol. The highest BCUT2D eigenvalue weighted by Crippen LogP contribution is 2.22. The summed E-state index contributed by atoms with van der Waals surface area (Å²) in [6, 6.07) is 8.79. The standard InChI is InChI=1S/C15H20N2S.ClH/c1-3-4-12-5-7-13(8-6-12)14-11-18-15(17-14)9-10-16-2;/h5-8,11,16H,3-4,9-10H2,1-2H3;1H. The molecule has 0 aliphatic carbocycles. The van der Waals surface area contributed by atoms with Crippen LogP contribution in [-0.4, -0.2) is 18.6 Å². The van der Waals surface area contributed by atoms with E-state index in [-0.39, 0.29) is 12.4 Å². The van der Waals surface area contributed by atoms with Crippen molar-refractivity contribution in [3.63, 3.8) is 0 Å². The van der Waals surface area contributed by atoms with Gasteiger partial charge in [0.2, 0.25) is 0 Å². The predicted octanol–water partition coefficient (Wildman–Crippen LogP) is 3.95. The summed E-state index contributed by atoms with van der Waals surface area (Å²) < 4.78 is 0. The third kappa shape index (κ3) is 4.60. The molecule has 2 aromatic rings. The number of hydrogen-bond acceptors (Lipinski definition) is 3. The molecular weight excluding hydrogens is 276 g/mol. The normalized spacial score (nSPS) is 10.2. The lowest BCUT2D eigenvalue weighted by molar-refractivity contribution is 0.788. The molecule has 0 bridgehead atoms. The van der Waals surface area contributed by atoms with Gasteiger partial charge in [0.1, 0.15) is 0 Å². The van der Waals surface area contributed by atoms with Gasteiger partial charge in [0.25, 0.3) is 0 Å². The van der Waals surface area contributed by atoms with Crippen LogP contribution in [0, 0.1) is 0 Å². The molecule has 0 aliphatic heterocycles. The second-order valence-corrected chi connectivity index (χ2v) is 5.37. The Bertz CT molecular complexity index is 479. The van der Waals surface area contributed by atoms with E-state index in [0.717, 1.165) is 25.1 Å². The molecule has 0 spiro atoms. The van der Waals surface area contributed by atoms with E-state index in [0.29, 0.717) is 0 Å². The molecular formula is C15H21ClN2S. The Morgan fingerprint density at radius 2 is 1.89 bits per heavy atom. The van der Waals surface area contributed by atoms with Gasteiger partial charge in [0.05, 0.1) is 10.7 Å². The zero-order valence-corrected chi connectivity index (χ0v) is 13.1. The van der Waals surface area contributed by atoms with Crippen molar-refractivity contribution in [3.8, 4) is 11.3 Å². The number of benzene rings is 1. The van der Waals surface area contributed by atoms with Crippen LogP contribution < -0.4 is 5.32 Å². The number of rotatable bonds is 6. The summed E-state index contributed by atoms with van der Waals surface area (Å²) in [7, 11) is 1.97. The van der Waals surface area contributed by atoms with Gasteiger partial charge in [-0.15, -0.1) is 23.7 Å². The van der Waals surface area contributed by atoms with Gasteiger partial charge >= 0.3 is 0 Å². The first-order valence-electron chi connectivity index (χ1n) is 6.51. The van der Waals surface area contributed by atoms with Crippen molar-refractivity contribution in [2.75, 3.05) is 13.6 Å². The number of halogens is 1. The first-order chi connectivity index (χ1) is 8.83. The van der Waals surface area contributed by atoms with E-state index in [9.17, 15) is 0 Å². The van der Waals surface area contributed by atoms with E-state index in [1.54, 1.807) is 11.3 Å². The van der Waals surface area contributed by atoms with Gasteiger partial charge in [-0.2, -0.15) is 0 Å². The Kier molecular flexibility index (Phi) is 7.06. The molecule has 0 radical (unpaired) electrons. The van der Waals surface area contributed by atoms with Crippen molar-refractivity contribution in [2.45, 2.75) is 26.2 Å². The van der Waals surface area contributed by atoms with Crippen LogP contribution in [0.2, 0.25) is 0 Å². The monoisotopic (exact) mass is 296 g/mol. The number of thiazole rings is 1. The fourth-order valence-corrected chi connectivity index (χ4v) is 2.73. The second-order valence-electron chi connectivity index (χ2n) is 4.43. The summed E-state index contributed by atoms with van der Waals surface area (Å²) in [5.74, 6) is 0. The fraction of sp³-hybridized carbons (Fsp3) is 0.400. The van der Waals surface area contributed by atoms with Crippen LogP contribution >= 0.6 is 23.7 Å². The molecule has 0 saturated carbocycles. The molecule has 19 heavy (non-hydrogen) atoms. The van der Waals surface area contributed by atoms with Crippen molar-refractivity contribution in [3.05, 3.63) is 40.2 Å². The molecule has 1 aromatic heterocycles. The van der Waals surface area contributed by atoms with Crippen LogP contribution in [0.5, 0.6) is 0 Å². The van der Waals surface area contributed by atoms with Crippen LogP contribution in [0.4, 0.5) is 0 Å². The minimum atomic E-state index is 0. The van der Waals surface area contributed by atoms with Gasteiger partial charge in [0, 0.05) is 23.9 Å². The highest BCUT2D eigenvalue weighted by molar-refractivity contribution is 7.09. The van der Waals surface area contributed by atoms with E-state index >= 15 is 0 Å². The Hall–Kier alpha value is -0.900. The van der Waals surface area contributed by atoms with Gasteiger partial charge in [-0.3, -0.25) is 0 Å². The lowest BCUT2D eigenvalue weighted by Crippen LogP contribution is -2.09. The minimum Gasteiger partial charge on any atom is -0.319 e. The van der Waals surface area contributed by atoms with Crippen molar-refractivity contribution in [2.24, 2.45) is 0 Å². The minimum absolute atomic E-state index is 0. The molecule has 0 atom stereocenters.